The number of aliphatic hydroxyl groups is 2. The molecule has 2 aliphatic heterocycles. The smallest absolute Gasteiger partial charge is 0.0751 e. The molecule has 6 fully saturated rings. The predicted molar refractivity (Wildman–Crippen MR) is 125 cm³/mol. The number of aliphatic hydroxyl groups excluding tert-OH is 2. The first kappa shape index (κ1) is 22.3. The maximum atomic E-state index is 11.5. The van der Waals surface area contributed by atoms with Gasteiger partial charge >= 0.3 is 0 Å². The number of ether oxygens (including phenoxy) is 1. The third-order valence-corrected chi connectivity index (χ3v) is 11.8. The van der Waals surface area contributed by atoms with Crippen molar-refractivity contribution in [3.8, 4) is 0 Å². The molecule has 4 aliphatic carbocycles. The molecule has 0 aromatic rings. The zero-order chi connectivity index (χ0) is 22.1. The van der Waals surface area contributed by atoms with E-state index >= 15 is 0 Å². The van der Waals surface area contributed by atoms with Crippen molar-refractivity contribution in [3.05, 3.63) is 0 Å². The van der Waals surface area contributed by atoms with Crippen LogP contribution in [0.3, 0.4) is 0 Å². The number of nitrogens with zero attached hydrogens (tertiary/aromatic N) is 2. The molecule has 0 aromatic heterocycles. The molecule has 2 saturated heterocycles. The van der Waals surface area contributed by atoms with Crippen molar-refractivity contribution in [2.45, 2.75) is 95.9 Å². The Morgan fingerprint density at radius 3 is 2.25 bits per heavy atom. The molecule has 10 atom stereocenters. The van der Waals surface area contributed by atoms with Crippen LogP contribution in [-0.2, 0) is 4.74 Å². The van der Waals surface area contributed by atoms with E-state index in [2.05, 4.69) is 23.6 Å². The summed E-state index contributed by atoms with van der Waals surface area (Å²) >= 11 is 0. The third kappa shape index (κ3) is 3.28. The Hall–Kier alpha value is -0.200. The maximum absolute atomic E-state index is 11.5. The van der Waals surface area contributed by atoms with Gasteiger partial charge in [-0.15, -0.1) is 0 Å². The van der Waals surface area contributed by atoms with E-state index in [-0.39, 0.29) is 17.6 Å². The molecular formula is C27H46N2O3. The van der Waals surface area contributed by atoms with E-state index in [1.807, 2.05) is 0 Å². The molecule has 2 heterocycles. The van der Waals surface area contributed by atoms with Crippen molar-refractivity contribution < 1.29 is 14.9 Å². The second-order valence-electron chi connectivity index (χ2n) is 12.9. The van der Waals surface area contributed by atoms with Crippen LogP contribution >= 0.6 is 0 Å². The molecule has 5 heteroatoms. The second-order valence-corrected chi connectivity index (χ2v) is 12.9. The fraction of sp³-hybridized carbons (Fsp3) is 1.00. The highest BCUT2D eigenvalue weighted by molar-refractivity contribution is 5.14. The molecule has 2 N–H and O–H groups in total. The van der Waals surface area contributed by atoms with Crippen LogP contribution in [0.4, 0.5) is 0 Å². The number of morpholine rings is 1. The molecule has 5 nitrogen and oxygen atoms in total. The molecule has 0 bridgehead atoms. The molecule has 182 valence electrons. The molecule has 0 spiro atoms. The molecule has 0 amide bonds. The zero-order valence-corrected chi connectivity index (χ0v) is 20.4. The Morgan fingerprint density at radius 1 is 0.781 bits per heavy atom. The van der Waals surface area contributed by atoms with E-state index in [0.29, 0.717) is 29.3 Å². The highest BCUT2D eigenvalue weighted by Gasteiger charge is 2.63. The van der Waals surface area contributed by atoms with Gasteiger partial charge in [0.1, 0.15) is 0 Å². The molecular weight excluding hydrogens is 400 g/mol. The van der Waals surface area contributed by atoms with Gasteiger partial charge in [0.2, 0.25) is 0 Å². The van der Waals surface area contributed by atoms with E-state index in [0.717, 1.165) is 51.0 Å². The monoisotopic (exact) mass is 446 g/mol. The Morgan fingerprint density at radius 2 is 1.50 bits per heavy atom. The van der Waals surface area contributed by atoms with Gasteiger partial charge in [-0.3, -0.25) is 9.80 Å². The topological polar surface area (TPSA) is 56.2 Å². The van der Waals surface area contributed by atoms with Gasteiger partial charge in [0.25, 0.3) is 0 Å². The van der Waals surface area contributed by atoms with E-state index in [9.17, 15) is 10.2 Å². The second kappa shape index (κ2) is 8.19. The fourth-order valence-electron chi connectivity index (χ4n) is 9.97. The summed E-state index contributed by atoms with van der Waals surface area (Å²) in [5, 5.41) is 22.7. The summed E-state index contributed by atoms with van der Waals surface area (Å²) in [5.41, 5.74) is 0.443. The first-order valence-electron chi connectivity index (χ1n) is 13.8. The third-order valence-electron chi connectivity index (χ3n) is 11.8. The van der Waals surface area contributed by atoms with Gasteiger partial charge < -0.3 is 14.9 Å². The number of likely N-dealkylation sites (tertiary alicyclic amines) is 1. The van der Waals surface area contributed by atoms with Crippen LogP contribution < -0.4 is 0 Å². The first-order chi connectivity index (χ1) is 15.4. The Labute approximate surface area is 194 Å². The lowest BCUT2D eigenvalue weighted by Crippen LogP contribution is -2.61. The quantitative estimate of drug-likeness (QED) is 0.683. The van der Waals surface area contributed by atoms with Crippen LogP contribution in [0.2, 0.25) is 0 Å². The summed E-state index contributed by atoms with van der Waals surface area (Å²) in [6, 6.07) is 0.699. The van der Waals surface area contributed by atoms with E-state index in [4.69, 9.17) is 4.74 Å². The van der Waals surface area contributed by atoms with E-state index in [1.165, 1.54) is 58.0 Å². The number of fused-ring (bicyclic) bond motifs is 5. The summed E-state index contributed by atoms with van der Waals surface area (Å²) in [7, 11) is 0. The SMILES string of the molecule is C[C@@]12CC[C@H]3[C@@H](CC[C@H]4C[C@H](O)[C@@H](N5CCOCC5)C[C@]43C)[C@@H]1C[C@H](N1CCCC1)[C@@H]2O. The lowest BCUT2D eigenvalue weighted by atomic mass is 9.44. The average molecular weight is 447 g/mol. The van der Waals surface area contributed by atoms with Crippen molar-refractivity contribution in [2.24, 2.45) is 34.5 Å². The highest BCUT2D eigenvalue weighted by Crippen LogP contribution is 2.66. The zero-order valence-electron chi connectivity index (χ0n) is 20.4. The van der Waals surface area contributed by atoms with Crippen LogP contribution in [0.1, 0.15) is 71.6 Å². The van der Waals surface area contributed by atoms with Gasteiger partial charge in [-0.25, -0.2) is 0 Å². The standard InChI is InChI=1S/C27H46N2O3/c1-26-8-7-20-19(21(26)16-22(25(26)31)28-9-3-4-10-28)6-5-18-15-24(30)23(17-27(18,20)2)29-11-13-32-14-12-29/h18-25,30-31H,3-17H2,1-2H3/t18-,19+,20-,21-,22-,23-,24-,25-,26+,27+/m0/s1. The van der Waals surface area contributed by atoms with Crippen LogP contribution in [0.15, 0.2) is 0 Å². The fourth-order valence-corrected chi connectivity index (χ4v) is 9.97. The molecule has 6 aliphatic rings. The van der Waals surface area contributed by atoms with Gasteiger partial charge in [-0.05, 0) is 105 Å². The van der Waals surface area contributed by atoms with Crippen LogP contribution in [0.25, 0.3) is 0 Å². The number of hydrogen-bond acceptors (Lipinski definition) is 5. The highest BCUT2D eigenvalue weighted by atomic mass is 16.5. The van der Waals surface area contributed by atoms with Crippen LogP contribution in [-0.4, -0.2) is 83.7 Å². The first-order valence-corrected chi connectivity index (χ1v) is 13.8. The number of hydrogen-bond donors (Lipinski definition) is 2. The minimum Gasteiger partial charge on any atom is -0.391 e. The van der Waals surface area contributed by atoms with E-state index in [1.54, 1.807) is 0 Å². The molecule has 6 rings (SSSR count). The minimum absolute atomic E-state index is 0.107. The molecule has 0 aromatic carbocycles. The van der Waals surface area contributed by atoms with Gasteiger partial charge in [-0.1, -0.05) is 13.8 Å². The molecule has 4 saturated carbocycles. The lowest BCUT2D eigenvalue weighted by molar-refractivity contribution is -0.158. The van der Waals surface area contributed by atoms with Gasteiger partial charge in [0.15, 0.2) is 0 Å². The summed E-state index contributed by atoms with van der Waals surface area (Å²) in [6.45, 7) is 11.0. The van der Waals surface area contributed by atoms with Crippen molar-refractivity contribution in [1.29, 1.82) is 0 Å². The maximum Gasteiger partial charge on any atom is 0.0751 e. The summed E-state index contributed by atoms with van der Waals surface area (Å²) in [4.78, 5) is 5.16. The van der Waals surface area contributed by atoms with Gasteiger partial charge in [0.05, 0.1) is 25.4 Å². The van der Waals surface area contributed by atoms with Gasteiger partial charge in [0, 0.05) is 25.2 Å². The number of rotatable bonds is 2. The Balaban J connectivity index is 1.25. The van der Waals surface area contributed by atoms with Crippen molar-refractivity contribution in [2.75, 3.05) is 39.4 Å². The predicted octanol–water partition coefficient (Wildman–Crippen LogP) is 3.14. The molecule has 32 heavy (non-hydrogen) atoms. The largest absolute Gasteiger partial charge is 0.391 e. The summed E-state index contributed by atoms with van der Waals surface area (Å²) < 4.78 is 5.61. The summed E-state index contributed by atoms with van der Waals surface area (Å²) in [5.74, 6) is 2.87. The molecule has 0 radical (unpaired) electrons. The van der Waals surface area contributed by atoms with E-state index < -0.39 is 0 Å². The van der Waals surface area contributed by atoms with Crippen LogP contribution in [0, 0.1) is 34.5 Å². The minimum atomic E-state index is -0.176. The van der Waals surface area contributed by atoms with Crippen molar-refractivity contribution >= 4 is 0 Å². The van der Waals surface area contributed by atoms with Gasteiger partial charge in [-0.2, -0.15) is 0 Å². The van der Waals surface area contributed by atoms with Crippen molar-refractivity contribution in [3.63, 3.8) is 0 Å². The van der Waals surface area contributed by atoms with Crippen molar-refractivity contribution in [1.82, 2.24) is 9.80 Å². The normalized spacial score (nSPS) is 54.8. The lowest BCUT2D eigenvalue weighted by Gasteiger charge is -2.62. The Kier molecular flexibility index (Phi) is 5.70. The Bertz CT molecular complexity index is 692. The summed E-state index contributed by atoms with van der Waals surface area (Å²) in [6.07, 6.45) is 10.7. The average Bonchev–Trinajstić information content (AvgIpc) is 3.41. The van der Waals surface area contributed by atoms with Crippen LogP contribution in [0.5, 0.6) is 0 Å². The molecule has 0 unspecified atom stereocenters.